The topological polar surface area (TPSA) is 84.0 Å². The minimum atomic E-state index is -3.52. The van der Waals surface area contributed by atoms with E-state index >= 15 is 0 Å². The van der Waals surface area contributed by atoms with E-state index in [9.17, 15) is 18.0 Å². The zero-order valence-electron chi connectivity index (χ0n) is 17.3. The summed E-state index contributed by atoms with van der Waals surface area (Å²) in [5, 5.41) is 0. The van der Waals surface area contributed by atoms with Crippen molar-refractivity contribution in [2.75, 3.05) is 31.6 Å². The number of hydrogen-bond acceptors (Lipinski definition) is 5. The summed E-state index contributed by atoms with van der Waals surface area (Å²) < 4.78 is 31.3. The van der Waals surface area contributed by atoms with Gasteiger partial charge < -0.3 is 9.64 Å². The molecule has 2 aromatic carbocycles. The Balaban J connectivity index is 1.93. The molecule has 0 aromatic heterocycles. The average Bonchev–Trinajstić information content (AvgIpc) is 2.77. The van der Waals surface area contributed by atoms with Crippen LogP contribution in [0.15, 0.2) is 65.6 Å². The van der Waals surface area contributed by atoms with Gasteiger partial charge in [-0.25, -0.2) is 13.2 Å². The number of rotatable bonds is 9. The van der Waals surface area contributed by atoms with Crippen LogP contribution in [0.2, 0.25) is 0 Å². The van der Waals surface area contributed by atoms with Crippen LogP contribution in [0.25, 0.3) is 6.08 Å². The van der Waals surface area contributed by atoms with E-state index < -0.39 is 16.0 Å². The third-order valence-corrected chi connectivity index (χ3v) is 6.55. The minimum absolute atomic E-state index is 0.195. The first kappa shape index (κ1) is 23.3. The van der Waals surface area contributed by atoms with Crippen molar-refractivity contribution in [3.8, 4) is 0 Å². The number of likely N-dealkylation sites (N-methyl/N-ethyl adjacent to an activating group) is 1. The predicted molar refractivity (Wildman–Crippen MR) is 116 cm³/mol. The highest BCUT2D eigenvalue weighted by Gasteiger charge is 2.21. The van der Waals surface area contributed by atoms with Gasteiger partial charge in [0.05, 0.1) is 4.90 Å². The maximum atomic E-state index is 12.5. The number of amides is 1. The lowest BCUT2D eigenvalue weighted by molar-refractivity contribution is -0.142. The van der Waals surface area contributed by atoms with Gasteiger partial charge in [-0.05, 0) is 35.9 Å². The minimum Gasteiger partial charge on any atom is -0.452 e. The van der Waals surface area contributed by atoms with Crippen LogP contribution in [0, 0.1) is 0 Å². The zero-order valence-corrected chi connectivity index (χ0v) is 18.1. The molecule has 0 aliphatic carbocycles. The van der Waals surface area contributed by atoms with E-state index in [1.165, 1.54) is 33.5 Å². The Morgan fingerprint density at radius 1 is 0.967 bits per heavy atom. The van der Waals surface area contributed by atoms with Crippen molar-refractivity contribution in [1.82, 2.24) is 4.31 Å². The summed E-state index contributed by atoms with van der Waals surface area (Å²) in [6.45, 7) is 3.98. The van der Waals surface area contributed by atoms with Gasteiger partial charge >= 0.3 is 5.97 Å². The fourth-order valence-electron chi connectivity index (χ4n) is 2.70. The van der Waals surface area contributed by atoms with Crippen molar-refractivity contribution in [2.45, 2.75) is 18.7 Å². The van der Waals surface area contributed by atoms with Gasteiger partial charge in [-0.1, -0.05) is 44.2 Å². The van der Waals surface area contributed by atoms with Crippen molar-refractivity contribution in [1.29, 1.82) is 0 Å². The van der Waals surface area contributed by atoms with Crippen LogP contribution in [-0.4, -0.2) is 51.3 Å². The average molecular weight is 431 g/mol. The van der Waals surface area contributed by atoms with Crippen molar-refractivity contribution in [3.63, 3.8) is 0 Å². The lowest BCUT2D eigenvalue weighted by Crippen LogP contribution is -2.30. The molecule has 0 aliphatic rings. The predicted octanol–water partition coefficient (Wildman–Crippen LogP) is 2.94. The number of carbonyl (C=O) groups excluding carboxylic acids is 2. The molecular formula is C22H26N2O5S. The molecule has 7 nitrogen and oxygen atoms in total. The summed E-state index contributed by atoms with van der Waals surface area (Å²) in [5.41, 5.74) is 1.34. The number of para-hydroxylation sites is 1. The van der Waals surface area contributed by atoms with E-state index in [0.717, 1.165) is 0 Å². The Bertz CT molecular complexity index is 982. The molecule has 0 saturated carbocycles. The Morgan fingerprint density at radius 3 is 2.13 bits per heavy atom. The smallest absolute Gasteiger partial charge is 0.331 e. The van der Waals surface area contributed by atoms with Crippen LogP contribution in [0.4, 0.5) is 5.69 Å². The van der Waals surface area contributed by atoms with E-state index in [0.29, 0.717) is 24.3 Å². The summed E-state index contributed by atoms with van der Waals surface area (Å²) >= 11 is 0. The van der Waals surface area contributed by atoms with E-state index in [2.05, 4.69) is 0 Å². The van der Waals surface area contributed by atoms with Gasteiger partial charge in [0.2, 0.25) is 10.0 Å². The summed E-state index contributed by atoms with van der Waals surface area (Å²) in [6, 6.07) is 15.2. The Morgan fingerprint density at radius 2 is 1.57 bits per heavy atom. The highest BCUT2D eigenvalue weighted by Crippen LogP contribution is 2.17. The number of hydrogen-bond donors (Lipinski definition) is 0. The lowest BCUT2D eigenvalue weighted by atomic mass is 10.2. The molecule has 0 atom stereocenters. The van der Waals surface area contributed by atoms with E-state index in [-0.39, 0.29) is 17.4 Å². The quantitative estimate of drug-likeness (QED) is 0.451. The van der Waals surface area contributed by atoms with Gasteiger partial charge in [-0.3, -0.25) is 4.79 Å². The molecule has 1 amide bonds. The SMILES string of the molecule is CCN(CC)S(=O)(=O)c1ccc(/C=C/C(=O)OCC(=O)N(C)c2ccccc2)cc1. The molecule has 0 spiro atoms. The number of benzene rings is 2. The van der Waals surface area contributed by atoms with Gasteiger partial charge in [0.25, 0.3) is 5.91 Å². The third kappa shape index (κ3) is 6.01. The summed E-state index contributed by atoms with van der Waals surface area (Å²) in [6.07, 6.45) is 2.70. The largest absolute Gasteiger partial charge is 0.452 e. The Labute approximate surface area is 177 Å². The van der Waals surface area contributed by atoms with Crippen LogP contribution in [0.1, 0.15) is 19.4 Å². The van der Waals surface area contributed by atoms with Gasteiger partial charge in [0.15, 0.2) is 6.61 Å². The maximum Gasteiger partial charge on any atom is 0.331 e. The molecule has 0 fully saturated rings. The van der Waals surface area contributed by atoms with Crippen LogP contribution in [0.5, 0.6) is 0 Å². The van der Waals surface area contributed by atoms with Gasteiger partial charge in [0, 0.05) is 31.9 Å². The fraction of sp³-hybridized carbons (Fsp3) is 0.273. The molecule has 0 aliphatic heterocycles. The van der Waals surface area contributed by atoms with E-state index in [1.54, 1.807) is 45.2 Å². The van der Waals surface area contributed by atoms with E-state index in [4.69, 9.17) is 4.74 Å². The molecule has 2 rings (SSSR count). The van der Waals surface area contributed by atoms with Gasteiger partial charge in [-0.2, -0.15) is 4.31 Å². The maximum absolute atomic E-state index is 12.5. The van der Waals surface area contributed by atoms with Crippen molar-refractivity contribution in [3.05, 3.63) is 66.2 Å². The van der Waals surface area contributed by atoms with E-state index in [1.807, 2.05) is 18.2 Å². The van der Waals surface area contributed by atoms with Gasteiger partial charge in [0.1, 0.15) is 0 Å². The molecule has 160 valence electrons. The number of ether oxygens (including phenoxy) is 1. The highest BCUT2D eigenvalue weighted by atomic mass is 32.2. The van der Waals surface area contributed by atoms with Gasteiger partial charge in [-0.15, -0.1) is 0 Å². The highest BCUT2D eigenvalue weighted by molar-refractivity contribution is 7.89. The second-order valence-corrected chi connectivity index (χ2v) is 8.33. The fourth-order valence-corrected chi connectivity index (χ4v) is 4.16. The summed E-state index contributed by atoms with van der Waals surface area (Å²) in [4.78, 5) is 25.6. The molecule has 30 heavy (non-hydrogen) atoms. The van der Waals surface area contributed by atoms with Crippen LogP contribution >= 0.6 is 0 Å². The zero-order chi connectivity index (χ0) is 22.1. The summed E-state index contributed by atoms with van der Waals surface area (Å²) in [5.74, 6) is -1.02. The van der Waals surface area contributed by atoms with Crippen molar-refractivity contribution in [2.24, 2.45) is 0 Å². The molecule has 0 bridgehead atoms. The molecule has 0 saturated heterocycles. The number of sulfonamides is 1. The number of nitrogens with zero attached hydrogens (tertiary/aromatic N) is 2. The van der Waals surface area contributed by atoms with Crippen molar-refractivity contribution >= 4 is 33.7 Å². The molecular weight excluding hydrogens is 404 g/mol. The van der Waals surface area contributed by atoms with Crippen LogP contribution in [0.3, 0.4) is 0 Å². The molecule has 0 radical (unpaired) electrons. The second-order valence-electron chi connectivity index (χ2n) is 6.39. The number of esters is 1. The summed E-state index contributed by atoms with van der Waals surface area (Å²) in [7, 11) is -1.92. The first-order valence-corrected chi connectivity index (χ1v) is 11.0. The molecule has 0 heterocycles. The van der Waals surface area contributed by atoms with Crippen molar-refractivity contribution < 1.29 is 22.7 Å². The number of carbonyl (C=O) groups is 2. The first-order valence-electron chi connectivity index (χ1n) is 9.56. The molecule has 0 N–H and O–H groups in total. The second kappa shape index (κ2) is 10.7. The number of anilines is 1. The molecule has 8 heteroatoms. The van der Waals surface area contributed by atoms with Crippen LogP contribution in [-0.2, 0) is 24.3 Å². The lowest BCUT2D eigenvalue weighted by Gasteiger charge is -2.18. The molecule has 0 unspecified atom stereocenters. The monoisotopic (exact) mass is 430 g/mol. The molecule has 2 aromatic rings. The Kier molecular flexibility index (Phi) is 8.32. The first-order chi connectivity index (χ1) is 14.3. The Hall–Kier alpha value is -2.97. The third-order valence-electron chi connectivity index (χ3n) is 4.49. The standard InChI is InChI=1S/C22H26N2O5S/c1-4-24(5-2)30(27,28)20-14-11-18(12-15-20)13-16-22(26)29-17-21(25)23(3)19-9-7-6-8-10-19/h6-16H,4-5,17H2,1-3H3/b16-13+. The van der Waals surface area contributed by atoms with Crippen LogP contribution < -0.4 is 4.90 Å². The normalized spacial score (nSPS) is 11.6.